The topological polar surface area (TPSA) is 79.3 Å². The predicted octanol–water partition coefficient (Wildman–Crippen LogP) is 1.48. The summed E-state index contributed by atoms with van der Waals surface area (Å²) in [6, 6.07) is 3.48. The van der Waals surface area contributed by atoms with Gasteiger partial charge in [0.15, 0.2) is 0 Å². The molecule has 1 rings (SSSR count). The van der Waals surface area contributed by atoms with Gasteiger partial charge in [-0.05, 0) is 19.1 Å². The van der Waals surface area contributed by atoms with Gasteiger partial charge in [-0.25, -0.2) is 4.39 Å². The fraction of sp³-hybridized carbons (Fsp3) is 0.111. The predicted molar refractivity (Wildman–Crippen MR) is 51.2 cm³/mol. The second-order valence-corrected chi connectivity index (χ2v) is 2.75. The summed E-state index contributed by atoms with van der Waals surface area (Å²) in [5.74, 6) is -0.622. The lowest BCUT2D eigenvalue weighted by Gasteiger charge is -2.01. The zero-order chi connectivity index (χ0) is 10.7. The molecule has 0 aromatic heterocycles. The third-order valence-electron chi connectivity index (χ3n) is 1.76. The molecule has 0 amide bonds. The van der Waals surface area contributed by atoms with Gasteiger partial charge >= 0.3 is 0 Å². The summed E-state index contributed by atoms with van der Waals surface area (Å²) < 4.78 is 12.6. The molecule has 14 heavy (non-hydrogen) atoms. The van der Waals surface area contributed by atoms with Crippen LogP contribution in [0.5, 0.6) is 5.75 Å². The molecule has 1 aromatic carbocycles. The van der Waals surface area contributed by atoms with Crippen LogP contribution in [0.3, 0.4) is 0 Å². The summed E-state index contributed by atoms with van der Waals surface area (Å²) in [4.78, 5) is 0. The summed E-state index contributed by atoms with van der Waals surface area (Å²) in [5, 5.41) is 26.2. The quantitative estimate of drug-likeness (QED) is 0.320. The maximum atomic E-state index is 12.6. The molecule has 0 heterocycles. The highest BCUT2D eigenvalue weighted by Crippen LogP contribution is 2.18. The van der Waals surface area contributed by atoms with Gasteiger partial charge in [-0.1, -0.05) is 5.16 Å². The number of nitrogens with zero attached hydrogens (tertiary/aromatic N) is 1. The lowest BCUT2D eigenvalue weighted by molar-refractivity contribution is 0.320. The molecular formula is C9H10FN2O2+. The van der Waals surface area contributed by atoms with E-state index in [1.54, 1.807) is 0 Å². The Bertz CT molecular complexity index is 402. The Morgan fingerprint density at radius 1 is 1.57 bits per heavy atom. The van der Waals surface area contributed by atoms with Crippen LogP contribution in [-0.2, 0) is 0 Å². The Kier molecular flexibility index (Phi) is 2.81. The van der Waals surface area contributed by atoms with Crippen LogP contribution in [0.25, 0.3) is 0 Å². The number of benzene rings is 1. The molecule has 0 bridgehead atoms. The first kappa shape index (κ1) is 10.2. The molecule has 0 spiro atoms. The first-order valence-corrected chi connectivity index (χ1v) is 3.85. The highest BCUT2D eigenvalue weighted by molar-refractivity contribution is 6.46. The minimum absolute atomic E-state index is 0.0856. The van der Waals surface area contributed by atoms with E-state index in [0.29, 0.717) is 0 Å². The van der Waals surface area contributed by atoms with Crippen molar-refractivity contribution in [2.75, 3.05) is 0 Å². The lowest BCUT2D eigenvalue weighted by Crippen LogP contribution is -2.10. The summed E-state index contributed by atoms with van der Waals surface area (Å²) in [6.07, 6.45) is 0. The number of rotatable bonds is 2. The van der Waals surface area contributed by atoms with Crippen LogP contribution < -0.4 is 0 Å². The Hall–Kier alpha value is -1.91. The van der Waals surface area contributed by atoms with Gasteiger partial charge in [0, 0.05) is 0 Å². The molecular weight excluding hydrogens is 187 g/mol. The molecule has 4 N–H and O–H groups in total. The van der Waals surface area contributed by atoms with E-state index < -0.39 is 5.82 Å². The molecule has 0 aliphatic carbocycles. The number of hydrogen-bond donors (Lipinski definition) is 2. The minimum Gasteiger partial charge on any atom is -0.593 e. The molecule has 74 valence electrons. The van der Waals surface area contributed by atoms with Crippen LogP contribution in [0.1, 0.15) is 12.5 Å². The van der Waals surface area contributed by atoms with Crippen molar-refractivity contribution in [3.63, 3.8) is 0 Å². The first-order chi connectivity index (χ1) is 6.56. The molecule has 1 aromatic rings. The highest BCUT2D eigenvalue weighted by Gasteiger charge is 2.14. The zero-order valence-corrected chi connectivity index (χ0v) is 7.50. The molecule has 4 nitrogen and oxygen atoms in total. The summed E-state index contributed by atoms with van der Waals surface area (Å²) in [7, 11) is 0. The third kappa shape index (κ3) is 1.87. The molecule has 0 aliphatic rings. The van der Waals surface area contributed by atoms with Gasteiger partial charge in [0.25, 0.3) is 5.75 Å². The van der Waals surface area contributed by atoms with Crippen molar-refractivity contribution in [2.24, 2.45) is 5.16 Å². The van der Waals surface area contributed by atoms with E-state index in [2.05, 4.69) is 5.16 Å². The van der Waals surface area contributed by atoms with Crippen LogP contribution in [0.15, 0.2) is 23.4 Å². The van der Waals surface area contributed by atoms with Crippen molar-refractivity contribution in [1.29, 1.82) is 5.41 Å². The molecule has 0 radical (unpaired) electrons. The monoisotopic (exact) mass is 197 g/mol. The molecule has 0 atom stereocenters. The molecule has 0 aliphatic heterocycles. The highest BCUT2D eigenvalue weighted by atomic mass is 19.1. The van der Waals surface area contributed by atoms with E-state index in [-0.39, 0.29) is 22.7 Å². The second-order valence-electron chi connectivity index (χ2n) is 2.75. The fourth-order valence-electron chi connectivity index (χ4n) is 0.979. The first-order valence-electron chi connectivity index (χ1n) is 3.85. The third-order valence-corrected chi connectivity index (χ3v) is 1.76. The van der Waals surface area contributed by atoms with Crippen molar-refractivity contribution in [3.8, 4) is 5.75 Å². The van der Waals surface area contributed by atoms with Crippen LogP contribution in [0.2, 0.25) is 0 Å². The maximum absolute atomic E-state index is 12.6. The van der Waals surface area contributed by atoms with Gasteiger partial charge in [-0.3, -0.25) is 5.41 Å². The van der Waals surface area contributed by atoms with Crippen molar-refractivity contribution >= 4 is 11.4 Å². The zero-order valence-electron chi connectivity index (χ0n) is 7.50. The van der Waals surface area contributed by atoms with Crippen LogP contribution >= 0.6 is 0 Å². The van der Waals surface area contributed by atoms with Gasteiger partial charge in [-0.2, -0.15) is 0 Å². The molecule has 0 saturated heterocycles. The van der Waals surface area contributed by atoms with Gasteiger partial charge in [0.1, 0.15) is 11.5 Å². The Labute approximate surface area is 79.8 Å². The van der Waals surface area contributed by atoms with E-state index in [9.17, 15) is 4.39 Å². The largest absolute Gasteiger partial charge is 0.593 e. The van der Waals surface area contributed by atoms with Crippen LogP contribution in [0.4, 0.5) is 4.39 Å². The van der Waals surface area contributed by atoms with Gasteiger partial charge in [-0.15, -0.1) is 0 Å². The molecule has 0 fully saturated rings. The van der Waals surface area contributed by atoms with Gasteiger partial charge in [0.05, 0.1) is 17.3 Å². The van der Waals surface area contributed by atoms with Crippen LogP contribution in [-0.4, -0.2) is 21.7 Å². The van der Waals surface area contributed by atoms with E-state index in [0.717, 1.165) is 12.1 Å². The Morgan fingerprint density at radius 2 is 2.21 bits per heavy atom. The second kappa shape index (κ2) is 3.87. The summed E-state index contributed by atoms with van der Waals surface area (Å²) >= 11 is 0. The average molecular weight is 197 g/mol. The Balaban J connectivity index is 3.14. The normalized spacial score (nSPS) is 11.4. The van der Waals surface area contributed by atoms with E-state index >= 15 is 0 Å². The smallest absolute Gasteiger partial charge is 0.266 e. The Morgan fingerprint density at radius 3 is 2.71 bits per heavy atom. The van der Waals surface area contributed by atoms with Crippen molar-refractivity contribution in [2.45, 2.75) is 6.92 Å². The van der Waals surface area contributed by atoms with Crippen LogP contribution in [0, 0.1) is 11.2 Å². The van der Waals surface area contributed by atoms with Crippen molar-refractivity contribution in [1.82, 2.24) is 0 Å². The summed E-state index contributed by atoms with van der Waals surface area (Å²) in [6.45, 7) is 1.44. The van der Waals surface area contributed by atoms with E-state index in [1.807, 2.05) is 0 Å². The number of halogens is 1. The lowest BCUT2D eigenvalue weighted by atomic mass is 10.1. The molecule has 0 saturated carbocycles. The van der Waals surface area contributed by atoms with E-state index in [1.165, 1.54) is 13.0 Å². The maximum Gasteiger partial charge on any atom is 0.266 e. The van der Waals surface area contributed by atoms with Gasteiger partial charge in [0.2, 0.25) is 0 Å². The summed E-state index contributed by atoms with van der Waals surface area (Å²) in [5.41, 5.74) is 0.240. The standard InChI is InChI=1S/C9H9FN2O2/c1-5(12-14)9(11)7-3-2-6(10)4-8(7)13/h2-4,11,13-14H,1H3/p+1/b11-9?,12-5+. The number of nitrogens with one attached hydrogen (secondary N) is 1. The van der Waals surface area contributed by atoms with E-state index in [4.69, 9.17) is 15.7 Å². The minimum atomic E-state index is -0.523. The molecule has 0 unspecified atom stereocenters. The number of oxime groups is 1. The van der Waals surface area contributed by atoms with Crippen molar-refractivity contribution < 1.29 is 14.7 Å². The van der Waals surface area contributed by atoms with Gasteiger partial charge < -0.3 is 10.3 Å². The number of hydrogen-bond acceptors (Lipinski definition) is 3. The van der Waals surface area contributed by atoms with Crippen molar-refractivity contribution in [3.05, 3.63) is 29.6 Å². The average Bonchev–Trinajstić information content (AvgIpc) is 2.15. The fourth-order valence-corrected chi connectivity index (χ4v) is 0.979. The SMILES string of the molecule is C/C(=N\O)C(=N)c1ccc(F)cc1[OH2+]. The molecule has 5 heteroatoms.